The highest BCUT2D eigenvalue weighted by Crippen LogP contribution is 2.21. The van der Waals surface area contributed by atoms with Crippen molar-refractivity contribution in [3.05, 3.63) is 52.5 Å². The van der Waals surface area contributed by atoms with Crippen LogP contribution in [-0.4, -0.2) is 37.3 Å². The second-order valence-corrected chi connectivity index (χ2v) is 8.01. The molecule has 1 atom stereocenters. The summed E-state index contributed by atoms with van der Waals surface area (Å²) in [4.78, 5) is 28.5. The Morgan fingerprint density at radius 1 is 1.31 bits per heavy atom. The largest absolute Gasteiger partial charge is 0.342 e. The number of rotatable bonds is 7. The number of hydrogen-bond acceptors (Lipinski definition) is 7. The number of halogens is 1. The molecule has 11 heteroatoms. The van der Waals surface area contributed by atoms with E-state index in [0.29, 0.717) is 16.1 Å². The predicted molar refractivity (Wildman–Crippen MR) is 109 cm³/mol. The molecule has 0 aliphatic carbocycles. The maximum Gasteiger partial charge on any atom is 0.254 e. The number of nitrogens with one attached hydrogen (secondary N) is 2. The first-order valence-electron chi connectivity index (χ1n) is 8.64. The molecule has 3 aromatic rings. The van der Waals surface area contributed by atoms with E-state index in [2.05, 4.69) is 25.8 Å². The molecular formula is C18H19FN6O2S2. The standard InChI is InChI=1S/C18H19FN6O2S2/c1-10-8-28-17(20-10)22-14(26)9-29-18-24-23-15(25(18)3)11(2)21-16(27)12-6-4-5-7-13(12)19/h4-8,11H,9H2,1-3H3,(H,21,27)(H,20,22,26)/t11-/m0/s1. The van der Waals surface area contributed by atoms with Gasteiger partial charge in [0.1, 0.15) is 5.82 Å². The lowest BCUT2D eigenvalue weighted by Crippen LogP contribution is -2.29. The molecule has 1 aromatic carbocycles. The molecule has 0 spiro atoms. The molecular weight excluding hydrogens is 415 g/mol. The van der Waals surface area contributed by atoms with Crippen molar-refractivity contribution in [2.75, 3.05) is 11.1 Å². The highest BCUT2D eigenvalue weighted by Gasteiger charge is 2.20. The second kappa shape index (κ2) is 9.14. The van der Waals surface area contributed by atoms with Crippen molar-refractivity contribution in [3.63, 3.8) is 0 Å². The van der Waals surface area contributed by atoms with Crippen molar-refractivity contribution in [1.82, 2.24) is 25.1 Å². The van der Waals surface area contributed by atoms with E-state index in [9.17, 15) is 14.0 Å². The van der Waals surface area contributed by atoms with Gasteiger partial charge in [0.2, 0.25) is 5.91 Å². The number of thioether (sulfide) groups is 1. The zero-order valence-corrected chi connectivity index (χ0v) is 17.6. The number of aryl methyl sites for hydroxylation is 1. The van der Waals surface area contributed by atoms with E-state index in [1.807, 2.05) is 12.3 Å². The van der Waals surface area contributed by atoms with Gasteiger partial charge in [0.15, 0.2) is 16.1 Å². The first kappa shape index (κ1) is 20.9. The zero-order valence-electron chi connectivity index (χ0n) is 16.0. The van der Waals surface area contributed by atoms with Crippen LogP contribution in [0.1, 0.15) is 34.8 Å². The van der Waals surface area contributed by atoms with Gasteiger partial charge >= 0.3 is 0 Å². The van der Waals surface area contributed by atoms with Crippen LogP contribution in [0.25, 0.3) is 0 Å². The monoisotopic (exact) mass is 434 g/mol. The van der Waals surface area contributed by atoms with Gasteiger partial charge < -0.3 is 15.2 Å². The van der Waals surface area contributed by atoms with Crippen LogP contribution in [0.15, 0.2) is 34.8 Å². The van der Waals surface area contributed by atoms with Crippen molar-refractivity contribution in [2.24, 2.45) is 7.05 Å². The fourth-order valence-corrected chi connectivity index (χ4v) is 3.93. The molecule has 3 rings (SSSR count). The van der Waals surface area contributed by atoms with Crippen LogP contribution in [0.5, 0.6) is 0 Å². The van der Waals surface area contributed by atoms with Crippen LogP contribution in [0.4, 0.5) is 9.52 Å². The van der Waals surface area contributed by atoms with Crippen molar-refractivity contribution in [3.8, 4) is 0 Å². The Balaban J connectivity index is 1.59. The number of thiazole rings is 1. The summed E-state index contributed by atoms with van der Waals surface area (Å²) in [6, 6.07) is 5.26. The van der Waals surface area contributed by atoms with E-state index in [0.717, 1.165) is 5.69 Å². The van der Waals surface area contributed by atoms with Gasteiger partial charge in [-0.15, -0.1) is 21.5 Å². The summed E-state index contributed by atoms with van der Waals surface area (Å²) in [5, 5.41) is 16.5. The Morgan fingerprint density at radius 3 is 2.76 bits per heavy atom. The SMILES string of the molecule is Cc1csc(NC(=O)CSc2nnc([C@H](C)NC(=O)c3ccccc3F)n2C)n1. The smallest absolute Gasteiger partial charge is 0.254 e. The van der Waals surface area contributed by atoms with Crippen molar-refractivity contribution in [1.29, 1.82) is 0 Å². The van der Waals surface area contributed by atoms with Gasteiger partial charge in [0.05, 0.1) is 23.1 Å². The maximum atomic E-state index is 13.8. The molecule has 152 valence electrons. The predicted octanol–water partition coefficient (Wildman–Crippen LogP) is 2.94. The van der Waals surface area contributed by atoms with Gasteiger partial charge in [-0.3, -0.25) is 9.59 Å². The third-order valence-corrected chi connectivity index (χ3v) is 5.82. The van der Waals surface area contributed by atoms with Crippen molar-refractivity contribution < 1.29 is 14.0 Å². The first-order valence-corrected chi connectivity index (χ1v) is 10.5. The molecule has 2 heterocycles. The van der Waals surface area contributed by atoms with Crippen LogP contribution in [0.2, 0.25) is 0 Å². The molecule has 0 aliphatic rings. The maximum absolute atomic E-state index is 13.8. The first-order chi connectivity index (χ1) is 13.8. The molecule has 8 nitrogen and oxygen atoms in total. The molecule has 2 aromatic heterocycles. The minimum atomic E-state index is -0.590. The molecule has 0 saturated heterocycles. The van der Waals surface area contributed by atoms with Gasteiger partial charge in [-0.25, -0.2) is 9.37 Å². The summed E-state index contributed by atoms with van der Waals surface area (Å²) in [6.07, 6.45) is 0. The molecule has 2 N–H and O–H groups in total. The van der Waals surface area contributed by atoms with Crippen LogP contribution in [0.3, 0.4) is 0 Å². The molecule has 0 aliphatic heterocycles. The van der Waals surface area contributed by atoms with Crippen molar-refractivity contribution in [2.45, 2.75) is 25.0 Å². The summed E-state index contributed by atoms with van der Waals surface area (Å²) < 4.78 is 15.5. The normalized spacial score (nSPS) is 11.9. The molecule has 29 heavy (non-hydrogen) atoms. The lowest BCUT2D eigenvalue weighted by Gasteiger charge is -2.14. The molecule has 0 bridgehead atoms. The van der Waals surface area contributed by atoms with Crippen LogP contribution >= 0.6 is 23.1 Å². The van der Waals surface area contributed by atoms with Gasteiger partial charge in [-0.05, 0) is 26.0 Å². The summed E-state index contributed by atoms with van der Waals surface area (Å²) in [6.45, 7) is 3.59. The number of anilines is 1. The number of carbonyl (C=O) groups excluding carboxylic acids is 2. The Labute approximate surface area is 174 Å². The Hall–Kier alpha value is -2.79. The van der Waals surface area contributed by atoms with E-state index < -0.39 is 17.8 Å². The lowest BCUT2D eigenvalue weighted by molar-refractivity contribution is -0.113. The van der Waals surface area contributed by atoms with E-state index in [1.54, 1.807) is 24.6 Å². The van der Waals surface area contributed by atoms with Crippen LogP contribution in [-0.2, 0) is 11.8 Å². The van der Waals surface area contributed by atoms with Gasteiger partial charge in [0, 0.05) is 12.4 Å². The molecule has 2 amide bonds. The van der Waals surface area contributed by atoms with E-state index in [1.165, 1.54) is 41.3 Å². The quantitative estimate of drug-likeness (QED) is 0.555. The average molecular weight is 435 g/mol. The zero-order chi connectivity index (χ0) is 21.0. The van der Waals surface area contributed by atoms with E-state index in [4.69, 9.17) is 0 Å². The number of amides is 2. The number of hydrogen-bond donors (Lipinski definition) is 2. The van der Waals surface area contributed by atoms with Gasteiger partial charge in [-0.2, -0.15) is 0 Å². The third kappa shape index (κ3) is 5.18. The highest BCUT2D eigenvalue weighted by molar-refractivity contribution is 7.99. The van der Waals surface area contributed by atoms with Crippen LogP contribution < -0.4 is 10.6 Å². The highest BCUT2D eigenvalue weighted by atomic mass is 32.2. The number of benzene rings is 1. The Kier molecular flexibility index (Phi) is 6.60. The minimum Gasteiger partial charge on any atom is -0.342 e. The van der Waals surface area contributed by atoms with E-state index in [-0.39, 0.29) is 17.2 Å². The summed E-state index contributed by atoms with van der Waals surface area (Å²) in [5.41, 5.74) is 0.813. The molecule has 0 saturated carbocycles. The average Bonchev–Trinajstić information content (AvgIpc) is 3.25. The molecule has 0 fully saturated rings. The molecule has 0 unspecified atom stereocenters. The minimum absolute atomic E-state index is 0.0368. The van der Waals surface area contributed by atoms with E-state index >= 15 is 0 Å². The fourth-order valence-electron chi connectivity index (χ4n) is 2.51. The second-order valence-electron chi connectivity index (χ2n) is 6.21. The third-order valence-electron chi connectivity index (χ3n) is 3.92. The van der Waals surface area contributed by atoms with Gasteiger partial charge in [-0.1, -0.05) is 23.9 Å². The Bertz CT molecular complexity index is 1040. The molecule has 0 radical (unpaired) electrons. The number of nitrogens with zero attached hydrogens (tertiary/aromatic N) is 4. The van der Waals surface area contributed by atoms with Crippen molar-refractivity contribution >= 4 is 40.0 Å². The summed E-state index contributed by atoms with van der Waals surface area (Å²) in [5.74, 6) is -0.692. The number of carbonyl (C=O) groups is 2. The topological polar surface area (TPSA) is 102 Å². The summed E-state index contributed by atoms with van der Waals surface area (Å²) >= 11 is 2.58. The number of aromatic nitrogens is 4. The lowest BCUT2D eigenvalue weighted by atomic mass is 10.2. The van der Waals surface area contributed by atoms with Gasteiger partial charge in [0.25, 0.3) is 5.91 Å². The van der Waals surface area contributed by atoms with Crippen LogP contribution in [0, 0.1) is 12.7 Å². The Morgan fingerprint density at radius 2 is 2.07 bits per heavy atom. The summed E-state index contributed by atoms with van der Waals surface area (Å²) in [7, 11) is 1.74. The fraction of sp³-hybridized carbons (Fsp3) is 0.278.